The second kappa shape index (κ2) is 12.8. The summed E-state index contributed by atoms with van der Waals surface area (Å²) in [7, 11) is 4.79. The van der Waals surface area contributed by atoms with Crippen molar-refractivity contribution in [1.29, 1.82) is 0 Å². The van der Waals surface area contributed by atoms with Gasteiger partial charge in [-0.05, 0) is 75.2 Å². The van der Waals surface area contributed by atoms with Crippen LogP contribution in [0.2, 0.25) is 0 Å². The first kappa shape index (κ1) is 24.5. The van der Waals surface area contributed by atoms with Crippen molar-refractivity contribution in [3.05, 3.63) is 53.6 Å². The summed E-state index contributed by atoms with van der Waals surface area (Å²) in [5, 5.41) is 0. The highest BCUT2D eigenvalue weighted by atomic mass is 16.5. The Balaban J connectivity index is 1.74. The maximum atomic E-state index is 12.3. The normalized spacial score (nSPS) is 11.8. The highest BCUT2D eigenvalue weighted by Gasteiger charge is 2.14. The van der Waals surface area contributed by atoms with E-state index in [1.165, 1.54) is 5.56 Å². The summed E-state index contributed by atoms with van der Waals surface area (Å²) < 4.78 is 21.1. The van der Waals surface area contributed by atoms with Gasteiger partial charge in [0.25, 0.3) is 0 Å². The zero-order valence-electron chi connectivity index (χ0n) is 19.3. The molecule has 0 bridgehead atoms. The van der Waals surface area contributed by atoms with Crippen LogP contribution >= 0.6 is 0 Å². The summed E-state index contributed by atoms with van der Waals surface area (Å²) in [4.78, 5) is 14.7. The molecule has 0 amide bonds. The number of ether oxygens (including phenoxy) is 4. The predicted molar refractivity (Wildman–Crippen MR) is 122 cm³/mol. The SMILES string of the molecule is CCN(CCCCOC(=O)c1ccc(OC)c(OC)c1)[C@H](C)Cc1ccc(OC)cc1. The molecule has 0 radical (unpaired) electrons. The summed E-state index contributed by atoms with van der Waals surface area (Å²) in [6, 6.07) is 13.7. The molecule has 170 valence electrons. The molecule has 6 heteroatoms. The Kier molecular flexibility index (Phi) is 10.2. The number of carbonyl (C=O) groups is 1. The van der Waals surface area contributed by atoms with Crippen LogP contribution in [-0.4, -0.2) is 57.9 Å². The van der Waals surface area contributed by atoms with Gasteiger partial charge in [-0.1, -0.05) is 19.1 Å². The number of hydrogen-bond donors (Lipinski definition) is 0. The third-order valence-electron chi connectivity index (χ3n) is 5.41. The standard InChI is InChI=1S/C25H35NO5/c1-6-26(19(2)17-20-9-12-22(28-3)13-10-20)15-7-8-16-31-25(27)21-11-14-23(29-4)24(18-21)30-5/h9-14,18-19H,6-8,15-17H2,1-5H3/t19-/m1/s1. The molecule has 0 aromatic heterocycles. The van der Waals surface area contributed by atoms with Gasteiger partial charge in [0.1, 0.15) is 5.75 Å². The number of carbonyl (C=O) groups excluding carboxylic acids is 1. The first-order chi connectivity index (χ1) is 15.0. The smallest absolute Gasteiger partial charge is 0.338 e. The molecular weight excluding hydrogens is 394 g/mol. The fourth-order valence-corrected chi connectivity index (χ4v) is 3.55. The molecule has 0 unspecified atom stereocenters. The molecule has 0 saturated heterocycles. The minimum Gasteiger partial charge on any atom is -0.497 e. The quantitative estimate of drug-likeness (QED) is 0.343. The highest BCUT2D eigenvalue weighted by molar-refractivity contribution is 5.90. The Labute approximate surface area is 186 Å². The molecule has 2 aromatic carbocycles. The Hall–Kier alpha value is -2.73. The number of esters is 1. The lowest BCUT2D eigenvalue weighted by Crippen LogP contribution is -2.35. The average Bonchev–Trinajstić information content (AvgIpc) is 2.81. The van der Waals surface area contributed by atoms with E-state index in [1.807, 2.05) is 12.1 Å². The molecule has 0 heterocycles. The molecule has 0 saturated carbocycles. The zero-order chi connectivity index (χ0) is 22.6. The third kappa shape index (κ3) is 7.47. The second-order valence-corrected chi connectivity index (χ2v) is 7.44. The van der Waals surface area contributed by atoms with E-state index in [2.05, 4.69) is 30.9 Å². The van der Waals surface area contributed by atoms with E-state index in [0.29, 0.717) is 29.7 Å². The van der Waals surface area contributed by atoms with Gasteiger partial charge in [0, 0.05) is 6.04 Å². The molecule has 0 spiro atoms. The first-order valence-electron chi connectivity index (χ1n) is 10.8. The minimum absolute atomic E-state index is 0.346. The van der Waals surface area contributed by atoms with E-state index in [0.717, 1.165) is 38.1 Å². The summed E-state index contributed by atoms with van der Waals surface area (Å²) >= 11 is 0. The van der Waals surface area contributed by atoms with Crippen LogP contribution in [0.5, 0.6) is 17.2 Å². The van der Waals surface area contributed by atoms with Crippen molar-refractivity contribution in [1.82, 2.24) is 4.90 Å². The van der Waals surface area contributed by atoms with E-state index in [-0.39, 0.29) is 5.97 Å². The van der Waals surface area contributed by atoms with Gasteiger partial charge in [0.05, 0.1) is 33.5 Å². The molecule has 0 aliphatic rings. The Bertz CT molecular complexity index is 806. The second-order valence-electron chi connectivity index (χ2n) is 7.44. The number of rotatable bonds is 13. The van der Waals surface area contributed by atoms with E-state index in [1.54, 1.807) is 39.5 Å². The summed E-state index contributed by atoms with van der Waals surface area (Å²) in [6.45, 7) is 6.80. The van der Waals surface area contributed by atoms with Gasteiger partial charge in [-0.3, -0.25) is 0 Å². The van der Waals surface area contributed by atoms with E-state index in [4.69, 9.17) is 18.9 Å². The summed E-state index contributed by atoms with van der Waals surface area (Å²) in [5.74, 6) is 1.64. The van der Waals surface area contributed by atoms with Crippen LogP contribution in [0.3, 0.4) is 0 Å². The predicted octanol–water partition coefficient (Wildman–Crippen LogP) is 4.60. The molecule has 0 N–H and O–H groups in total. The van der Waals surface area contributed by atoms with Crippen molar-refractivity contribution in [2.75, 3.05) is 41.0 Å². The molecule has 0 aliphatic heterocycles. The van der Waals surface area contributed by atoms with Gasteiger partial charge in [-0.25, -0.2) is 4.79 Å². The van der Waals surface area contributed by atoms with Gasteiger partial charge in [0.2, 0.25) is 0 Å². The molecule has 2 rings (SSSR count). The lowest BCUT2D eigenvalue weighted by Gasteiger charge is -2.28. The van der Waals surface area contributed by atoms with Gasteiger partial charge in [-0.15, -0.1) is 0 Å². The molecule has 1 atom stereocenters. The van der Waals surface area contributed by atoms with Crippen LogP contribution < -0.4 is 14.2 Å². The Morgan fingerprint density at radius 3 is 2.26 bits per heavy atom. The van der Waals surface area contributed by atoms with Crippen molar-refractivity contribution < 1.29 is 23.7 Å². The number of hydrogen-bond acceptors (Lipinski definition) is 6. The monoisotopic (exact) mass is 429 g/mol. The van der Waals surface area contributed by atoms with Crippen LogP contribution in [0.4, 0.5) is 0 Å². The fraction of sp³-hybridized carbons (Fsp3) is 0.480. The van der Waals surface area contributed by atoms with Crippen molar-refractivity contribution in [2.45, 2.75) is 39.2 Å². The number of benzene rings is 2. The van der Waals surface area contributed by atoms with Crippen LogP contribution in [0.1, 0.15) is 42.6 Å². The summed E-state index contributed by atoms with van der Waals surface area (Å²) in [6.07, 6.45) is 2.79. The summed E-state index contributed by atoms with van der Waals surface area (Å²) in [5.41, 5.74) is 1.76. The molecule has 0 aliphatic carbocycles. The largest absolute Gasteiger partial charge is 0.497 e. The molecule has 2 aromatic rings. The lowest BCUT2D eigenvalue weighted by atomic mass is 10.1. The van der Waals surface area contributed by atoms with Gasteiger partial charge in [0.15, 0.2) is 11.5 Å². The van der Waals surface area contributed by atoms with Gasteiger partial charge >= 0.3 is 5.97 Å². The van der Waals surface area contributed by atoms with Crippen molar-refractivity contribution in [3.63, 3.8) is 0 Å². The van der Waals surface area contributed by atoms with E-state index < -0.39 is 0 Å². The highest BCUT2D eigenvalue weighted by Crippen LogP contribution is 2.27. The number of likely N-dealkylation sites (N-methyl/N-ethyl adjacent to an activating group) is 1. The minimum atomic E-state index is -0.346. The first-order valence-corrected chi connectivity index (χ1v) is 10.8. The van der Waals surface area contributed by atoms with E-state index in [9.17, 15) is 4.79 Å². The maximum absolute atomic E-state index is 12.3. The molecule has 0 fully saturated rings. The topological polar surface area (TPSA) is 57.2 Å². The Morgan fingerprint density at radius 2 is 1.65 bits per heavy atom. The van der Waals surface area contributed by atoms with Crippen LogP contribution in [0.15, 0.2) is 42.5 Å². The lowest BCUT2D eigenvalue weighted by molar-refractivity contribution is 0.0493. The van der Waals surface area contributed by atoms with Crippen molar-refractivity contribution in [2.24, 2.45) is 0 Å². The van der Waals surface area contributed by atoms with Gasteiger partial charge in [-0.2, -0.15) is 0 Å². The van der Waals surface area contributed by atoms with Crippen LogP contribution in [0.25, 0.3) is 0 Å². The number of methoxy groups -OCH3 is 3. The van der Waals surface area contributed by atoms with E-state index >= 15 is 0 Å². The molecular formula is C25H35NO5. The number of unbranched alkanes of at least 4 members (excludes halogenated alkanes) is 1. The van der Waals surface area contributed by atoms with Crippen molar-refractivity contribution >= 4 is 5.97 Å². The van der Waals surface area contributed by atoms with Crippen LogP contribution in [-0.2, 0) is 11.2 Å². The third-order valence-corrected chi connectivity index (χ3v) is 5.41. The number of nitrogens with zero attached hydrogens (tertiary/aromatic N) is 1. The molecule has 6 nitrogen and oxygen atoms in total. The maximum Gasteiger partial charge on any atom is 0.338 e. The Morgan fingerprint density at radius 1 is 0.935 bits per heavy atom. The molecule has 31 heavy (non-hydrogen) atoms. The zero-order valence-corrected chi connectivity index (χ0v) is 19.3. The van der Waals surface area contributed by atoms with Crippen molar-refractivity contribution in [3.8, 4) is 17.2 Å². The fourth-order valence-electron chi connectivity index (χ4n) is 3.55. The van der Waals surface area contributed by atoms with Crippen LogP contribution in [0, 0.1) is 0 Å². The average molecular weight is 430 g/mol. The van der Waals surface area contributed by atoms with Gasteiger partial charge < -0.3 is 23.8 Å².